The maximum Gasteiger partial charge on any atom is 0.142 e. The minimum absolute atomic E-state index is 0.695. The fourth-order valence-corrected chi connectivity index (χ4v) is 2.09. The Morgan fingerprint density at radius 2 is 1.90 bits per heavy atom. The highest BCUT2D eigenvalue weighted by atomic mass is 16.5. The molecule has 0 atom stereocenters. The molecule has 1 aromatic carbocycles. The van der Waals surface area contributed by atoms with Gasteiger partial charge in [0, 0.05) is 18.8 Å². The van der Waals surface area contributed by atoms with Crippen molar-refractivity contribution >= 4 is 0 Å². The van der Waals surface area contributed by atoms with Gasteiger partial charge in [0.25, 0.3) is 0 Å². The van der Waals surface area contributed by atoms with Crippen LogP contribution in [0.15, 0.2) is 55.1 Å². The van der Waals surface area contributed by atoms with Crippen molar-refractivity contribution in [3.05, 3.63) is 66.5 Å². The molecular formula is C15H14N4O. The number of para-hydroxylation sites is 2. The van der Waals surface area contributed by atoms with E-state index in [1.165, 1.54) is 0 Å². The van der Waals surface area contributed by atoms with Crippen molar-refractivity contribution < 1.29 is 4.74 Å². The maximum atomic E-state index is 5.39. The lowest BCUT2D eigenvalue weighted by atomic mass is 10.2. The molecule has 5 heteroatoms. The van der Waals surface area contributed by atoms with Crippen LogP contribution in [0.5, 0.6) is 5.75 Å². The quantitative estimate of drug-likeness (QED) is 0.727. The summed E-state index contributed by atoms with van der Waals surface area (Å²) in [7, 11) is 1.66. The largest absolute Gasteiger partial charge is 0.495 e. The molecule has 2 heterocycles. The van der Waals surface area contributed by atoms with E-state index < -0.39 is 0 Å². The molecule has 0 N–H and O–H groups in total. The second kappa shape index (κ2) is 5.52. The number of hydrogen-bond donors (Lipinski definition) is 0. The first-order valence-corrected chi connectivity index (χ1v) is 6.29. The van der Waals surface area contributed by atoms with Crippen LogP contribution in [0.4, 0.5) is 0 Å². The summed E-state index contributed by atoms with van der Waals surface area (Å²) in [5.41, 5.74) is 2.08. The van der Waals surface area contributed by atoms with Crippen LogP contribution in [0.1, 0.15) is 11.4 Å². The number of ether oxygens (including phenoxy) is 1. The van der Waals surface area contributed by atoms with Gasteiger partial charge in [-0.2, -0.15) is 0 Å². The number of rotatable bonds is 4. The van der Waals surface area contributed by atoms with Crippen LogP contribution < -0.4 is 4.74 Å². The fraction of sp³-hybridized carbons (Fsp3) is 0.133. The Morgan fingerprint density at radius 3 is 2.70 bits per heavy atom. The van der Waals surface area contributed by atoms with Gasteiger partial charge in [-0.05, 0) is 29.8 Å². The molecule has 0 fully saturated rings. The molecule has 100 valence electrons. The Labute approximate surface area is 116 Å². The Balaban J connectivity index is 1.98. The highest BCUT2D eigenvalue weighted by Gasteiger charge is 2.10. The first-order chi connectivity index (χ1) is 9.88. The predicted octanol–water partition coefficient (Wildman–Crippen LogP) is 2.26. The molecular weight excluding hydrogens is 252 g/mol. The average molecular weight is 266 g/mol. The van der Waals surface area contributed by atoms with Crippen LogP contribution in [0, 0.1) is 0 Å². The summed E-state index contributed by atoms with van der Waals surface area (Å²) in [6.45, 7) is 0. The highest BCUT2D eigenvalue weighted by molar-refractivity contribution is 5.47. The lowest BCUT2D eigenvalue weighted by molar-refractivity contribution is 0.412. The third-order valence-corrected chi connectivity index (χ3v) is 3.07. The van der Waals surface area contributed by atoms with E-state index in [9.17, 15) is 0 Å². The minimum atomic E-state index is 0.695. The summed E-state index contributed by atoms with van der Waals surface area (Å²) in [6, 6.07) is 11.8. The smallest absolute Gasteiger partial charge is 0.142 e. The molecule has 0 saturated heterocycles. The normalized spacial score (nSPS) is 10.4. The zero-order chi connectivity index (χ0) is 13.8. The van der Waals surface area contributed by atoms with Gasteiger partial charge < -0.3 is 4.74 Å². The standard InChI is InChI=1S/C15H14N4O/c1-20-14-5-3-2-4-13(14)19-11-17-18-15(19)10-12-6-8-16-9-7-12/h2-9,11H,10H2,1H3. The summed E-state index contributed by atoms with van der Waals surface area (Å²) in [4.78, 5) is 4.02. The lowest BCUT2D eigenvalue weighted by Crippen LogP contribution is -2.03. The van der Waals surface area contributed by atoms with Crippen molar-refractivity contribution in [3.63, 3.8) is 0 Å². The van der Waals surface area contributed by atoms with Gasteiger partial charge in [-0.15, -0.1) is 10.2 Å². The molecule has 0 spiro atoms. The van der Waals surface area contributed by atoms with Crippen LogP contribution in [-0.2, 0) is 6.42 Å². The second-order valence-electron chi connectivity index (χ2n) is 4.32. The molecule has 5 nitrogen and oxygen atoms in total. The van der Waals surface area contributed by atoms with Crippen molar-refractivity contribution in [1.29, 1.82) is 0 Å². The summed E-state index contributed by atoms with van der Waals surface area (Å²) in [5, 5.41) is 8.21. The molecule has 0 bridgehead atoms. The fourth-order valence-electron chi connectivity index (χ4n) is 2.09. The van der Waals surface area contributed by atoms with E-state index in [-0.39, 0.29) is 0 Å². The molecule has 0 radical (unpaired) electrons. The number of nitrogens with zero attached hydrogens (tertiary/aromatic N) is 4. The van der Waals surface area contributed by atoms with Crippen molar-refractivity contribution in [2.75, 3.05) is 7.11 Å². The van der Waals surface area contributed by atoms with E-state index >= 15 is 0 Å². The number of aromatic nitrogens is 4. The van der Waals surface area contributed by atoms with Crippen molar-refractivity contribution in [3.8, 4) is 11.4 Å². The van der Waals surface area contributed by atoms with Crippen LogP contribution in [0.2, 0.25) is 0 Å². The first kappa shape index (κ1) is 12.3. The summed E-state index contributed by atoms with van der Waals surface area (Å²) in [6.07, 6.45) is 5.95. The van der Waals surface area contributed by atoms with E-state index in [1.54, 1.807) is 25.8 Å². The first-order valence-electron chi connectivity index (χ1n) is 6.29. The van der Waals surface area contributed by atoms with Gasteiger partial charge in [0.2, 0.25) is 0 Å². The SMILES string of the molecule is COc1ccccc1-n1cnnc1Cc1ccncc1. The van der Waals surface area contributed by atoms with Gasteiger partial charge in [0.1, 0.15) is 17.9 Å². The van der Waals surface area contributed by atoms with Gasteiger partial charge >= 0.3 is 0 Å². The molecule has 3 rings (SSSR count). The van der Waals surface area contributed by atoms with Crippen LogP contribution in [0.25, 0.3) is 5.69 Å². The Hall–Kier alpha value is -2.69. The predicted molar refractivity (Wildman–Crippen MR) is 75.0 cm³/mol. The van der Waals surface area contributed by atoms with Crippen molar-refractivity contribution in [2.24, 2.45) is 0 Å². The molecule has 0 saturated carbocycles. The molecule has 0 unspecified atom stereocenters. The van der Waals surface area contributed by atoms with Gasteiger partial charge in [0.15, 0.2) is 0 Å². The third-order valence-electron chi connectivity index (χ3n) is 3.07. The Morgan fingerprint density at radius 1 is 1.10 bits per heavy atom. The third kappa shape index (κ3) is 2.38. The molecule has 0 amide bonds. The summed E-state index contributed by atoms with van der Waals surface area (Å²) in [5.74, 6) is 1.66. The van der Waals surface area contributed by atoms with Gasteiger partial charge in [-0.3, -0.25) is 9.55 Å². The van der Waals surface area contributed by atoms with Gasteiger partial charge in [0.05, 0.1) is 12.8 Å². The zero-order valence-corrected chi connectivity index (χ0v) is 11.1. The van der Waals surface area contributed by atoms with Gasteiger partial charge in [-0.1, -0.05) is 12.1 Å². The molecule has 3 aromatic rings. The van der Waals surface area contributed by atoms with Crippen molar-refractivity contribution in [1.82, 2.24) is 19.7 Å². The molecule has 0 aliphatic rings. The molecule has 2 aromatic heterocycles. The van der Waals surface area contributed by atoms with E-state index in [1.807, 2.05) is 41.0 Å². The topological polar surface area (TPSA) is 52.8 Å². The van der Waals surface area contributed by atoms with Crippen LogP contribution in [0.3, 0.4) is 0 Å². The molecule has 20 heavy (non-hydrogen) atoms. The lowest BCUT2D eigenvalue weighted by Gasteiger charge is -2.10. The van der Waals surface area contributed by atoms with E-state index in [0.717, 1.165) is 22.8 Å². The number of hydrogen-bond acceptors (Lipinski definition) is 4. The number of pyridine rings is 1. The van der Waals surface area contributed by atoms with Crippen LogP contribution >= 0.6 is 0 Å². The van der Waals surface area contributed by atoms with E-state index in [0.29, 0.717) is 6.42 Å². The average Bonchev–Trinajstić information content (AvgIpc) is 2.96. The highest BCUT2D eigenvalue weighted by Crippen LogP contribution is 2.23. The molecule has 0 aliphatic heterocycles. The number of benzene rings is 1. The van der Waals surface area contributed by atoms with E-state index in [4.69, 9.17) is 4.74 Å². The second-order valence-corrected chi connectivity index (χ2v) is 4.32. The minimum Gasteiger partial charge on any atom is -0.495 e. The van der Waals surface area contributed by atoms with Crippen LogP contribution in [-0.4, -0.2) is 26.9 Å². The number of methoxy groups -OCH3 is 1. The summed E-state index contributed by atoms with van der Waals surface area (Å²) < 4.78 is 7.33. The van der Waals surface area contributed by atoms with E-state index in [2.05, 4.69) is 15.2 Å². The Bertz CT molecular complexity index is 694. The van der Waals surface area contributed by atoms with Gasteiger partial charge in [-0.25, -0.2) is 0 Å². The zero-order valence-electron chi connectivity index (χ0n) is 11.1. The molecule has 0 aliphatic carbocycles. The van der Waals surface area contributed by atoms with Crippen molar-refractivity contribution in [2.45, 2.75) is 6.42 Å². The monoisotopic (exact) mass is 266 g/mol. The Kier molecular flexibility index (Phi) is 3.41. The summed E-state index contributed by atoms with van der Waals surface area (Å²) >= 11 is 0. The maximum absolute atomic E-state index is 5.39.